The van der Waals surface area contributed by atoms with Crippen LogP contribution in [0.5, 0.6) is 0 Å². The third kappa shape index (κ3) is 4.63. The average molecular weight is 342 g/mol. The predicted molar refractivity (Wildman–Crippen MR) is 111 cm³/mol. The van der Waals surface area contributed by atoms with E-state index in [1.807, 2.05) is 0 Å². The fourth-order valence-corrected chi connectivity index (χ4v) is 9.86. The largest absolute Gasteiger partial charge is 0.0961 e. The van der Waals surface area contributed by atoms with Gasteiger partial charge in [-0.25, -0.2) is 0 Å². The molecule has 0 aliphatic rings. The van der Waals surface area contributed by atoms with Crippen molar-refractivity contribution in [2.24, 2.45) is 0 Å². The highest BCUT2D eigenvalue weighted by molar-refractivity contribution is 7.83. The highest BCUT2D eigenvalue weighted by Gasteiger charge is 2.37. The van der Waals surface area contributed by atoms with Crippen molar-refractivity contribution in [3.05, 3.63) is 17.7 Å². The zero-order valence-electron chi connectivity index (χ0n) is 16.0. The standard InChI is InChI=1S/C18H35P2Si/c1-18(2,3)14-12-15(19(4,5)6)17(21(10)11)16(13-14)20(7,8)9/h12-13H,1-11H3/q+2. The van der Waals surface area contributed by atoms with Crippen molar-refractivity contribution in [2.45, 2.75) is 39.3 Å². The fourth-order valence-electron chi connectivity index (χ4n) is 2.62. The topological polar surface area (TPSA) is 0 Å². The summed E-state index contributed by atoms with van der Waals surface area (Å²) in [7, 11) is -2.46. The van der Waals surface area contributed by atoms with Crippen LogP contribution < -0.4 is 15.8 Å². The van der Waals surface area contributed by atoms with Crippen molar-refractivity contribution in [2.75, 3.05) is 40.0 Å². The van der Waals surface area contributed by atoms with E-state index in [-0.39, 0.29) is 5.41 Å². The quantitative estimate of drug-likeness (QED) is 0.576. The lowest BCUT2D eigenvalue weighted by Crippen LogP contribution is -2.49. The number of rotatable bonds is 3. The molecule has 0 atom stereocenters. The Bertz CT molecular complexity index is 476. The summed E-state index contributed by atoms with van der Waals surface area (Å²) >= 11 is 0. The molecule has 0 spiro atoms. The van der Waals surface area contributed by atoms with Gasteiger partial charge in [-0.1, -0.05) is 33.9 Å². The molecule has 0 aliphatic carbocycles. The maximum absolute atomic E-state index is 2.56. The van der Waals surface area contributed by atoms with Crippen LogP contribution in [0, 0.1) is 0 Å². The zero-order valence-corrected chi connectivity index (χ0v) is 18.8. The minimum absolute atomic E-state index is 0.237. The molecule has 0 aliphatic heterocycles. The first-order valence-corrected chi connectivity index (χ1v) is 16.5. The molecule has 21 heavy (non-hydrogen) atoms. The van der Waals surface area contributed by atoms with Gasteiger partial charge in [-0.3, -0.25) is 0 Å². The van der Waals surface area contributed by atoms with Gasteiger partial charge in [0.15, 0.2) is 0 Å². The summed E-state index contributed by atoms with van der Waals surface area (Å²) < 4.78 is 0. The van der Waals surface area contributed by atoms with Crippen LogP contribution in [-0.2, 0) is 5.41 Å². The van der Waals surface area contributed by atoms with E-state index >= 15 is 0 Å². The Morgan fingerprint density at radius 1 is 0.762 bits per heavy atom. The molecule has 0 heterocycles. The Labute approximate surface area is 136 Å². The summed E-state index contributed by atoms with van der Waals surface area (Å²) in [6.45, 7) is 26.9. The first kappa shape index (κ1) is 19.3. The molecule has 0 fully saturated rings. The van der Waals surface area contributed by atoms with Gasteiger partial charge in [0.1, 0.15) is 0 Å². The fraction of sp³-hybridized carbons (Fsp3) is 0.667. The van der Waals surface area contributed by atoms with E-state index in [0.29, 0.717) is 0 Å². The third-order valence-corrected chi connectivity index (χ3v) is 9.46. The molecule has 0 aromatic heterocycles. The minimum atomic E-state index is -1.01. The number of benzene rings is 1. The van der Waals surface area contributed by atoms with E-state index < -0.39 is 23.3 Å². The second-order valence-electron chi connectivity index (χ2n) is 9.16. The molecular weight excluding hydrogens is 306 g/mol. The Balaban J connectivity index is 3.85. The van der Waals surface area contributed by atoms with Gasteiger partial charge in [0, 0.05) is 19.7 Å². The van der Waals surface area contributed by atoms with E-state index in [1.165, 1.54) is 5.56 Å². The Morgan fingerprint density at radius 2 is 1.10 bits per heavy atom. The smallest absolute Gasteiger partial charge is 0.0668 e. The van der Waals surface area contributed by atoms with Crippen LogP contribution in [0.15, 0.2) is 12.1 Å². The maximum Gasteiger partial charge on any atom is 0.0961 e. The Morgan fingerprint density at radius 3 is 1.29 bits per heavy atom. The van der Waals surface area contributed by atoms with Crippen LogP contribution in [0.1, 0.15) is 26.3 Å². The van der Waals surface area contributed by atoms with E-state index in [9.17, 15) is 0 Å². The summed E-state index contributed by atoms with van der Waals surface area (Å²) in [6, 6.07) is 5.11. The van der Waals surface area contributed by atoms with E-state index in [2.05, 4.69) is 86.0 Å². The van der Waals surface area contributed by atoms with Crippen LogP contribution in [0.3, 0.4) is 0 Å². The first-order valence-electron chi connectivity index (χ1n) is 7.79. The summed E-state index contributed by atoms with van der Waals surface area (Å²) in [6.07, 6.45) is 0. The van der Waals surface area contributed by atoms with Crippen LogP contribution in [0.25, 0.3) is 0 Å². The average Bonchev–Trinajstić information content (AvgIpc) is 2.23. The summed E-state index contributed by atoms with van der Waals surface area (Å²) in [5.41, 5.74) is 1.77. The van der Waals surface area contributed by atoms with Crippen LogP contribution >= 0.6 is 14.5 Å². The minimum Gasteiger partial charge on any atom is -0.0668 e. The summed E-state index contributed by atoms with van der Waals surface area (Å²) in [5.74, 6) is 0. The number of hydrogen-bond acceptors (Lipinski definition) is 0. The molecule has 0 N–H and O–H groups in total. The first-order chi connectivity index (χ1) is 9.15. The van der Waals surface area contributed by atoms with Gasteiger partial charge in [-0.15, -0.1) is 0 Å². The lowest BCUT2D eigenvalue weighted by Gasteiger charge is -2.28. The Kier molecular flexibility index (Phi) is 5.59. The maximum atomic E-state index is 2.56. The van der Waals surface area contributed by atoms with Crippen molar-refractivity contribution in [1.82, 2.24) is 0 Å². The van der Waals surface area contributed by atoms with Gasteiger partial charge < -0.3 is 0 Å². The van der Waals surface area contributed by atoms with E-state index in [4.69, 9.17) is 0 Å². The molecule has 1 radical (unpaired) electrons. The molecule has 1 aromatic rings. The highest BCUT2D eigenvalue weighted by atomic mass is 31.2. The Hall–Kier alpha value is 0.297. The van der Waals surface area contributed by atoms with Crippen LogP contribution in [0.2, 0.25) is 13.1 Å². The molecule has 0 amide bonds. The monoisotopic (exact) mass is 341 g/mol. The molecular formula is C18H35P2Si+2. The van der Waals surface area contributed by atoms with Crippen molar-refractivity contribution in [3.8, 4) is 0 Å². The molecule has 0 bridgehead atoms. The SMILES string of the molecule is C[Si](C)c1c([P+](C)(C)C)cc(C(C)(C)C)cc1[P+](C)(C)C. The molecule has 0 saturated heterocycles. The second kappa shape index (κ2) is 6.07. The van der Waals surface area contributed by atoms with Gasteiger partial charge in [-0.05, 0) is 23.1 Å². The molecule has 0 saturated carbocycles. The molecule has 119 valence electrons. The molecule has 1 aromatic carbocycles. The lowest BCUT2D eigenvalue weighted by molar-refractivity contribution is 0.591. The van der Waals surface area contributed by atoms with Crippen LogP contribution in [0.4, 0.5) is 0 Å². The van der Waals surface area contributed by atoms with Gasteiger partial charge in [0.05, 0.1) is 59.4 Å². The molecule has 0 unspecified atom stereocenters. The van der Waals surface area contributed by atoms with Crippen molar-refractivity contribution in [3.63, 3.8) is 0 Å². The molecule has 1 rings (SSSR count). The molecule has 0 nitrogen and oxygen atoms in total. The normalized spacial score (nSPS) is 13.9. The highest BCUT2D eigenvalue weighted by Crippen LogP contribution is 2.48. The number of hydrogen-bond donors (Lipinski definition) is 0. The summed E-state index contributed by atoms with van der Waals surface area (Å²) in [5, 5.41) is 5.17. The van der Waals surface area contributed by atoms with Gasteiger partial charge in [-0.2, -0.15) is 0 Å². The van der Waals surface area contributed by atoms with E-state index in [0.717, 1.165) is 0 Å². The zero-order chi connectivity index (χ0) is 16.8. The van der Waals surface area contributed by atoms with Crippen molar-refractivity contribution >= 4 is 39.1 Å². The summed E-state index contributed by atoms with van der Waals surface area (Å²) in [4.78, 5) is 0. The van der Waals surface area contributed by atoms with Gasteiger partial charge in [0.25, 0.3) is 0 Å². The van der Waals surface area contributed by atoms with Crippen LogP contribution in [-0.4, -0.2) is 48.8 Å². The second-order valence-corrected chi connectivity index (χ2v) is 20.7. The molecule has 3 heteroatoms. The lowest BCUT2D eigenvalue weighted by atomic mass is 9.87. The van der Waals surface area contributed by atoms with E-state index in [1.54, 1.807) is 15.8 Å². The van der Waals surface area contributed by atoms with Crippen molar-refractivity contribution in [1.29, 1.82) is 0 Å². The predicted octanol–water partition coefficient (Wildman–Crippen LogP) is 4.01. The van der Waals surface area contributed by atoms with Gasteiger partial charge >= 0.3 is 0 Å². The van der Waals surface area contributed by atoms with Crippen molar-refractivity contribution < 1.29 is 0 Å². The van der Waals surface area contributed by atoms with Gasteiger partial charge in [0.2, 0.25) is 0 Å². The third-order valence-electron chi connectivity index (χ3n) is 3.91.